The van der Waals surface area contributed by atoms with Crippen LogP contribution in [0.25, 0.3) is 5.57 Å². The monoisotopic (exact) mass is 315 g/mol. The Balaban J connectivity index is 2.55. The fourth-order valence-corrected chi connectivity index (χ4v) is 2.33. The summed E-state index contributed by atoms with van der Waals surface area (Å²) in [7, 11) is 6.32. The van der Waals surface area contributed by atoms with Crippen LogP contribution in [-0.2, 0) is 0 Å². The zero-order chi connectivity index (χ0) is 17.0. The molecule has 2 N–H and O–H groups in total. The van der Waals surface area contributed by atoms with Crippen LogP contribution in [0.3, 0.4) is 0 Å². The van der Waals surface area contributed by atoms with Gasteiger partial charge in [0.15, 0.2) is 11.5 Å². The standard InChI is InChI=1S/C18H21NO4/c1-11(14-10-13(20-2)6-7-15(14)19)12-8-16(21-3)18(23-5)17(9-12)22-4/h6-10H,1,19H2,2-5H3. The highest BCUT2D eigenvalue weighted by Gasteiger charge is 2.16. The predicted octanol–water partition coefficient (Wildman–Crippen LogP) is 3.36. The molecule has 0 aliphatic heterocycles. The van der Waals surface area contributed by atoms with Crippen molar-refractivity contribution in [3.8, 4) is 23.0 Å². The molecule has 0 unspecified atom stereocenters. The van der Waals surface area contributed by atoms with Gasteiger partial charge in [0.2, 0.25) is 5.75 Å². The molecule has 0 bridgehead atoms. The van der Waals surface area contributed by atoms with E-state index in [2.05, 4.69) is 6.58 Å². The molecule has 0 saturated heterocycles. The van der Waals surface area contributed by atoms with E-state index in [-0.39, 0.29) is 0 Å². The van der Waals surface area contributed by atoms with E-state index in [4.69, 9.17) is 24.7 Å². The van der Waals surface area contributed by atoms with Gasteiger partial charge in [0, 0.05) is 11.3 Å². The van der Waals surface area contributed by atoms with Crippen LogP contribution in [-0.4, -0.2) is 28.4 Å². The molecule has 0 aromatic heterocycles. The summed E-state index contributed by atoms with van der Waals surface area (Å²) in [5.41, 5.74) is 9.04. The van der Waals surface area contributed by atoms with Gasteiger partial charge in [-0.05, 0) is 41.5 Å². The van der Waals surface area contributed by atoms with Crippen LogP contribution in [0, 0.1) is 0 Å². The Bertz CT molecular complexity index is 700. The van der Waals surface area contributed by atoms with Crippen LogP contribution < -0.4 is 24.7 Å². The molecule has 0 aliphatic rings. The van der Waals surface area contributed by atoms with Crippen LogP contribution in [0.5, 0.6) is 23.0 Å². The van der Waals surface area contributed by atoms with E-state index in [9.17, 15) is 0 Å². The van der Waals surface area contributed by atoms with Crippen LogP contribution in [0.2, 0.25) is 0 Å². The smallest absolute Gasteiger partial charge is 0.203 e. The van der Waals surface area contributed by atoms with Gasteiger partial charge in [-0.25, -0.2) is 0 Å². The van der Waals surface area contributed by atoms with Crippen LogP contribution in [0.15, 0.2) is 36.9 Å². The van der Waals surface area contributed by atoms with Crippen molar-refractivity contribution >= 4 is 11.3 Å². The molecule has 0 aliphatic carbocycles. The maximum atomic E-state index is 6.08. The topological polar surface area (TPSA) is 62.9 Å². The van der Waals surface area contributed by atoms with Crippen molar-refractivity contribution in [3.05, 3.63) is 48.0 Å². The second-order valence-corrected chi connectivity index (χ2v) is 4.85. The number of nitrogen functional groups attached to an aromatic ring is 1. The molecular weight excluding hydrogens is 294 g/mol. The Hall–Kier alpha value is -2.82. The number of methoxy groups -OCH3 is 4. The number of rotatable bonds is 6. The molecular formula is C18H21NO4. The van der Waals surface area contributed by atoms with E-state index in [1.165, 1.54) is 0 Å². The second kappa shape index (κ2) is 6.96. The van der Waals surface area contributed by atoms with Crippen LogP contribution in [0.4, 0.5) is 5.69 Å². The lowest BCUT2D eigenvalue weighted by Gasteiger charge is -2.16. The van der Waals surface area contributed by atoms with Gasteiger partial charge in [0.05, 0.1) is 28.4 Å². The fraction of sp³-hybridized carbons (Fsp3) is 0.222. The first-order valence-corrected chi connectivity index (χ1v) is 6.98. The van der Waals surface area contributed by atoms with Gasteiger partial charge in [-0.2, -0.15) is 0 Å². The third-order valence-corrected chi connectivity index (χ3v) is 3.60. The lowest BCUT2D eigenvalue weighted by molar-refractivity contribution is 0.324. The Kier molecular flexibility index (Phi) is 5.01. The first-order chi connectivity index (χ1) is 11.0. The number of ether oxygens (including phenoxy) is 4. The quantitative estimate of drug-likeness (QED) is 0.828. The van der Waals surface area contributed by atoms with Gasteiger partial charge >= 0.3 is 0 Å². The summed E-state index contributed by atoms with van der Waals surface area (Å²) in [4.78, 5) is 0. The lowest BCUT2D eigenvalue weighted by Crippen LogP contribution is -1.99. The Morgan fingerprint density at radius 3 is 1.96 bits per heavy atom. The molecule has 2 rings (SSSR count). The number of anilines is 1. The van der Waals surface area contributed by atoms with Gasteiger partial charge in [-0.1, -0.05) is 6.58 Å². The molecule has 122 valence electrons. The zero-order valence-electron chi connectivity index (χ0n) is 13.8. The largest absolute Gasteiger partial charge is 0.497 e. The summed E-state index contributed by atoms with van der Waals surface area (Å²) in [6, 6.07) is 9.12. The van der Waals surface area contributed by atoms with Crippen molar-refractivity contribution in [2.24, 2.45) is 0 Å². The number of hydrogen-bond donors (Lipinski definition) is 1. The van der Waals surface area contributed by atoms with Gasteiger partial charge in [0.1, 0.15) is 5.75 Å². The summed E-state index contributed by atoms with van der Waals surface area (Å²) in [6.07, 6.45) is 0. The van der Waals surface area contributed by atoms with Crippen LogP contribution in [0.1, 0.15) is 11.1 Å². The van der Waals surface area contributed by atoms with Gasteiger partial charge in [-0.15, -0.1) is 0 Å². The van der Waals surface area contributed by atoms with Crippen molar-refractivity contribution < 1.29 is 18.9 Å². The fourth-order valence-electron chi connectivity index (χ4n) is 2.33. The maximum absolute atomic E-state index is 6.08. The molecule has 0 spiro atoms. The van der Waals surface area contributed by atoms with Gasteiger partial charge in [0.25, 0.3) is 0 Å². The molecule has 0 heterocycles. The minimum Gasteiger partial charge on any atom is -0.497 e. The highest BCUT2D eigenvalue weighted by Crippen LogP contribution is 2.41. The van der Waals surface area contributed by atoms with Gasteiger partial charge in [-0.3, -0.25) is 0 Å². The average molecular weight is 315 g/mol. The summed E-state index contributed by atoms with van der Waals surface area (Å²) < 4.78 is 21.3. The molecule has 23 heavy (non-hydrogen) atoms. The lowest BCUT2D eigenvalue weighted by atomic mass is 9.97. The minimum atomic E-state index is 0.533. The maximum Gasteiger partial charge on any atom is 0.203 e. The molecule has 5 heteroatoms. The molecule has 2 aromatic carbocycles. The normalized spacial score (nSPS) is 10.1. The van der Waals surface area contributed by atoms with E-state index in [0.29, 0.717) is 28.7 Å². The highest BCUT2D eigenvalue weighted by molar-refractivity contribution is 5.86. The number of hydrogen-bond acceptors (Lipinski definition) is 5. The Morgan fingerprint density at radius 1 is 0.870 bits per heavy atom. The van der Waals surface area contributed by atoms with Crippen LogP contribution >= 0.6 is 0 Å². The molecule has 2 aromatic rings. The molecule has 0 fully saturated rings. The average Bonchev–Trinajstić information content (AvgIpc) is 2.60. The first-order valence-electron chi connectivity index (χ1n) is 6.98. The molecule has 0 amide bonds. The molecule has 0 saturated carbocycles. The van der Waals surface area contributed by atoms with Crippen molar-refractivity contribution in [3.63, 3.8) is 0 Å². The highest BCUT2D eigenvalue weighted by atomic mass is 16.5. The first kappa shape index (κ1) is 16.5. The summed E-state index contributed by atoms with van der Waals surface area (Å²) >= 11 is 0. The second-order valence-electron chi connectivity index (χ2n) is 4.85. The van der Waals surface area contributed by atoms with Gasteiger partial charge < -0.3 is 24.7 Å². The SMILES string of the molecule is C=C(c1cc(OC)c(OC)c(OC)c1)c1cc(OC)ccc1N. The molecule has 0 atom stereocenters. The van der Waals surface area contributed by atoms with Crippen molar-refractivity contribution in [2.45, 2.75) is 0 Å². The third-order valence-electron chi connectivity index (χ3n) is 3.60. The van der Waals surface area contributed by atoms with Crippen molar-refractivity contribution in [2.75, 3.05) is 34.2 Å². The van der Waals surface area contributed by atoms with E-state index >= 15 is 0 Å². The summed E-state index contributed by atoms with van der Waals surface area (Å²) in [6.45, 7) is 4.15. The predicted molar refractivity (Wildman–Crippen MR) is 91.6 cm³/mol. The van der Waals surface area contributed by atoms with Crippen molar-refractivity contribution in [1.29, 1.82) is 0 Å². The minimum absolute atomic E-state index is 0.533. The van der Waals surface area contributed by atoms with Crippen molar-refractivity contribution in [1.82, 2.24) is 0 Å². The van der Waals surface area contributed by atoms with E-state index in [1.54, 1.807) is 40.6 Å². The Labute approximate surface area is 136 Å². The van der Waals surface area contributed by atoms with E-state index in [1.807, 2.05) is 18.2 Å². The Morgan fingerprint density at radius 2 is 1.48 bits per heavy atom. The van der Waals surface area contributed by atoms with E-state index in [0.717, 1.165) is 16.7 Å². The number of benzene rings is 2. The molecule has 0 radical (unpaired) electrons. The number of nitrogens with two attached hydrogens (primary N) is 1. The van der Waals surface area contributed by atoms with E-state index < -0.39 is 0 Å². The third kappa shape index (κ3) is 3.18. The zero-order valence-corrected chi connectivity index (χ0v) is 13.8. The summed E-state index contributed by atoms with van der Waals surface area (Å²) in [5, 5.41) is 0. The summed E-state index contributed by atoms with van der Waals surface area (Å²) in [5.74, 6) is 2.36. The molecule has 5 nitrogen and oxygen atoms in total.